The van der Waals surface area contributed by atoms with Gasteiger partial charge in [0, 0.05) is 22.6 Å². The van der Waals surface area contributed by atoms with Gasteiger partial charge in [-0.25, -0.2) is 4.79 Å². The van der Waals surface area contributed by atoms with Crippen molar-refractivity contribution in [1.29, 1.82) is 0 Å². The van der Waals surface area contributed by atoms with E-state index in [9.17, 15) is 9.59 Å². The first-order valence-corrected chi connectivity index (χ1v) is 7.55. The minimum atomic E-state index is -0.298. The Kier molecular flexibility index (Phi) is 5.70. The Bertz CT molecular complexity index is 533. The largest absolute Gasteiger partial charge is 0.354 e. The van der Waals surface area contributed by atoms with Crippen LogP contribution in [0.15, 0.2) is 18.2 Å². The van der Waals surface area contributed by atoms with Crippen LogP contribution in [0.1, 0.15) is 18.4 Å². The van der Waals surface area contributed by atoms with E-state index in [0.29, 0.717) is 23.0 Å². The lowest BCUT2D eigenvalue weighted by atomic mass is 10.1. The Morgan fingerprint density at radius 3 is 2.62 bits per heavy atom. The highest BCUT2D eigenvalue weighted by Gasteiger charge is 2.23. The number of halogens is 2. The fraction of sp³-hybridized carbons (Fsp3) is 0.429. The van der Waals surface area contributed by atoms with Crippen molar-refractivity contribution in [1.82, 2.24) is 16.0 Å². The van der Waals surface area contributed by atoms with E-state index >= 15 is 0 Å². The van der Waals surface area contributed by atoms with E-state index in [4.69, 9.17) is 23.2 Å². The standard InChI is InChI=1S/C14H17Cl2N3O2/c15-10-2-1-9(12(16)7-10)5-6-17-13(20)8-18-14(21)19-11-3-4-11/h1-2,7,11H,3-6,8H2,(H,17,20)(H2,18,19,21). The number of amides is 3. The molecule has 0 aromatic heterocycles. The van der Waals surface area contributed by atoms with E-state index in [-0.39, 0.29) is 24.5 Å². The zero-order chi connectivity index (χ0) is 15.2. The van der Waals surface area contributed by atoms with Crippen LogP contribution in [0, 0.1) is 0 Å². The van der Waals surface area contributed by atoms with Crippen molar-refractivity contribution in [3.8, 4) is 0 Å². The number of urea groups is 1. The van der Waals surface area contributed by atoms with Gasteiger partial charge in [-0.3, -0.25) is 4.79 Å². The third-order valence-corrected chi connectivity index (χ3v) is 3.64. The van der Waals surface area contributed by atoms with E-state index in [1.807, 2.05) is 6.07 Å². The maximum absolute atomic E-state index is 11.6. The summed E-state index contributed by atoms with van der Waals surface area (Å²) in [5.74, 6) is -0.231. The first-order valence-electron chi connectivity index (χ1n) is 6.79. The lowest BCUT2D eigenvalue weighted by Crippen LogP contribution is -2.43. The molecule has 0 atom stereocenters. The third kappa shape index (κ3) is 5.81. The summed E-state index contributed by atoms with van der Waals surface area (Å²) in [4.78, 5) is 22.9. The summed E-state index contributed by atoms with van der Waals surface area (Å²) in [5.41, 5.74) is 0.917. The van der Waals surface area contributed by atoms with Crippen LogP contribution < -0.4 is 16.0 Å². The van der Waals surface area contributed by atoms with Crippen molar-refractivity contribution in [2.45, 2.75) is 25.3 Å². The Balaban J connectivity index is 1.63. The van der Waals surface area contributed by atoms with Gasteiger partial charge >= 0.3 is 6.03 Å². The van der Waals surface area contributed by atoms with E-state index in [2.05, 4.69) is 16.0 Å². The molecule has 7 heteroatoms. The average molecular weight is 330 g/mol. The molecule has 1 aliphatic rings. The monoisotopic (exact) mass is 329 g/mol. The Morgan fingerprint density at radius 1 is 1.19 bits per heavy atom. The fourth-order valence-electron chi connectivity index (χ4n) is 1.75. The first-order chi connectivity index (χ1) is 10.0. The number of hydrogen-bond donors (Lipinski definition) is 3. The number of hydrogen-bond acceptors (Lipinski definition) is 2. The molecule has 2 rings (SSSR count). The highest BCUT2D eigenvalue weighted by molar-refractivity contribution is 6.35. The van der Waals surface area contributed by atoms with Crippen LogP contribution >= 0.6 is 23.2 Å². The van der Waals surface area contributed by atoms with Crippen LogP contribution in [0.25, 0.3) is 0 Å². The van der Waals surface area contributed by atoms with Crippen LogP contribution in [-0.2, 0) is 11.2 Å². The van der Waals surface area contributed by atoms with E-state index in [0.717, 1.165) is 18.4 Å². The van der Waals surface area contributed by atoms with Gasteiger partial charge in [0.25, 0.3) is 0 Å². The molecule has 3 amide bonds. The second kappa shape index (κ2) is 7.52. The minimum absolute atomic E-state index is 0.0348. The van der Waals surface area contributed by atoms with E-state index in [1.165, 1.54) is 0 Å². The van der Waals surface area contributed by atoms with Crippen LogP contribution in [-0.4, -0.2) is 31.1 Å². The molecule has 1 aromatic rings. The topological polar surface area (TPSA) is 70.2 Å². The molecule has 1 aromatic carbocycles. The molecule has 1 saturated carbocycles. The number of carbonyl (C=O) groups is 2. The molecule has 0 heterocycles. The molecule has 0 saturated heterocycles. The molecular formula is C14H17Cl2N3O2. The molecule has 0 bridgehead atoms. The summed E-state index contributed by atoms with van der Waals surface area (Å²) in [6.45, 7) is 0.416. The molecule has 3 N–H and O–H groups in total. The van der Waals surface area contributed by atoms with Crippen LogP contribution in [0.5, 0.6) is 0 Å². The second-order valence-corrected chi connectivity index (χ2v) is 5.78. The maximum Gasteiger partial charge on any atom is 0.315 e. The van der Waals surface area contributed by atoms with Crippen molar-refractivity contribution < 1.29 is 9.59 Å². The summed E-state index contributed by atoms with van der Waals surface area (Å²) in [7, 11) is 0. The normalized spacial score (nSPS) is 13.6. The summed E-state index contributed by atoms with van der Waals surface area (Å²) < 4.78 is 0. The van der Waals surface area contributed by atoms with Gasteiger partial charge in [-0.1, -0.05) is 29.3 Å². The van der Waals surface area contributed by atoms with E-state index in [1.54, 1.807) is 12.1 Å². The third-order valence-electron chi connectivity index (χ3n) is 3.05. The zero-order valence-corrected chi connectivity index (χ0v) is 12.9. The van der Waals surface area contributed by atoms with Crippen LogP contribution in [0.4, 0.5) is 4.79 Å². The fourth-order valence-corrected chi connectivity index (χ4v) is 2.25. The van der Waals surface area contributed by atoms with E-state index < -0.39 is 0 Å². The summed E-state index contributed by atoms with van der Waals surface area (Å²) in [5, 5.41) is 9.15. The average Bonchev–Trinajstić information content (AvgIpc) is 3.23. The lowest BCUT2D eigenvalue weighted by molar-refractivity contribution is -0.120. The number of nitrogens with one attached hydrogen (secondary N) is 3. The molecule has 0 spiro atoms. The van der Waals surface area contributed by atoms with Gasteiger partial charge in [-0.2, -0.15) is 0 Å². The van der Waals surface area contributed by atoms with Gasteiger partial charge < -0.3 is 16.0 Å². The first kappa shape index (κ1) is 15.9. The molecule has 0 aliphatic heterocycles. The highest BCUT2D eigenvalue weighted by atomic mass is 35.5. The Hall–Kier alpha value is -1.46. The summed E-state index contributed by atoms with van der Waals surface area (Å²) in [6, 6.07) is 5.24. The molecule has 0 radical (unpaired) electrons. The van der Waals surface area contributed by atoms with Crippen LogP contribution in [0.2, 0.25) is 10.0 Å². The quantitative estimate of drug-likeness (QED) is 0.748. The summed E-state index contributed by atoms with van der Waals surface area (Å²) in [6.07, 6.45) is 2.64. The highest BCUT2D eigenvalue weighted by Crippen LogP contribution is 2.21. The summed E-state index contributed by atoms with van der Waals surface area (Å²) >= 11 is 11.9. The van der Waals surface area contributed by atoms with Gasteiger partial charge in [0.15, 0.2) is 0 Å². The lowest BCUT2D eigenvalue weighted by Gasteiger charge is -2.08. The van der Waals surface area contributed by atoms with Crippen molar-refractivity contribution in [3.05, 3.63) is 33.8 Å². The zero-order valence-electron chi connectivity index (χ0n) is 11.4. The van der Waals surface area contributed by atoms with Crippen molar-refractivity contribution in [2.24, 2.45) is 0 Å². The van der Waals surface area contributed by atoms with Crippen molar-refractivity contribution in [3.63, 3.8) is 0 Å². The van der Waals surface area contributed by atoms with Gasteiger partial charge in [0.05, 0.1) is 6.54 Å². The molecule has 114 valence electrons. The Labute approximate surface area is 133 Å². The molecular weight excluding hydrogens is 313 g/mol. The second-order valence-electron chi connectivity index (χ2n) is 4.94. The van der Waals surface area contributed by atoms with Gasteiger partial charge in [-0.05, 0) is 37.0 Å². The number of benzene rings is 1. The molecule has 5 nitrogen and oxygen atoms in total. The van der Waals surface area contributed by atoms with Gasteiger partial charge in [-0.15, -0.1) is 0 Å². The molecule has 1 fully saturated rings. The number of rotatable bonds is 6. The maximum atomic E-state index is 11.6. The predicted molar refractivity (Wildman–Crippen MR) is 82.7 cm³/mol. The molecule has 0 unspecified atom stereocenters. The predicted octanol–water partition coefficient (Wildman–Crippen LogP) is 2.11. The number of carbonyl (C=O) groups excluding carboxylic acids is 2. The molecule has 21 heavy (non-hydrogen) atoms. The molecule has 1 aliphatic carbocycles. The van der Waals surface area contributed by atoms with Crippen molar-refractivity contribution >= 4 is 35.1 Å². The Morgan fingerprint density at radius 2 is 1.95 bits per heavy atom. The smallest absolute Gasteiger partial charge is 0.315 e. The minimum Gasteiger partial charge on any atom is -0.354 e. The van der Waals surface area contributed by atoms with Gasteiger partial charge in [0.2, 0.25) is 5.91 Å². The van der Waals surface area contributed by atoms with Crippen molar-refractivity contribution in [2.75, 3.05) is 13.1 Å². The SMILES string of the molecule is O=C(CNC(=O)NC1CC1)NCCc1ccc(Cl)cc1Cl. The van der Waals surface area contributed by atoms with Gasteiger partial charge in [0.1, 0.15) is 0 Å². The van der Waals surface area contributed by atoms with Crippen LogP contribution in [0.3, 0.4) is 0 Å².